The maximum atomic E-state index is 13.1. The number of benzene rings is 1. The quantitative estimate of drug-likeness (QED) is 0.695. The summed E-state index contributed by atoms with van der Waals surface area (Å²) in [5, 5.41) is 10.3. The van der Waals surface area contributed by atoms with Crippen LogP contribution < -0.4 is 4.90 Å². The lowest BCUT2D eigenvalue weighted by molar-refractivity contribution is -0.0405. The summed E-state index contributed by atoms with van der Waals surface area (Å²) >= 11 is 0. The third kappa shape index (κ3) is 4.02. The minimum absolute atomic E-state index is 0.0228. The highest BCUT2D eigenvalue weighted by Crippen LogP contribution is 2.47. The van der Waals surface area contributed by atoms with Gasteiger partial charge in [-0.05, 0) is 61.3 Å². The summed E-state index contributed by atoms with van der Waals surface area (Å²) in [4.78, 5) is 21.4. The number of hydrogen-bond acceptors (Lipinski definition) is 6. The Morgan fingerprint density at radius 2 is 2.06 bits per heavy atom. The van der Waals surface area contributed by atoms with Gasteiger partial charge in [-0.3, -0.25) is 4.79 Å². The van der Waals surface area contributed by atoms with Crippen LogP contribution in [0.15, 0.2) is 23.1 Å². The van der Waals surface area contributed by atoms with Crippen LogP contribution in [-0.2, 0) is 17.8 Å². The normalized spacial score (nSPS) is 22.2. The zero-order valence-electron chi connectivity index (χ0n) is 19.9. The minimum atomic E-state index is -0.277. The van der Waals surface area contributed by atoms with Gasteiger partial charge in [-0.2, -0.15) is 5.26 Å². The van der Waals surface area contributed by atoms with Crippen molar-refractivity contribution in [2.45, 2.75) is 71.1 Å². The molecule has 0 unspecified atom stereocenters. The van der Waals surface area contributed by atoms with Gasteiger partial charge < -0.3 is 19.0 Å². The van der Waals surface area contributed by atoms with Gasteiger partial charge in [0.25, 0.3) is 5.91 Å². The number of nitrogens with zero attached hydrogens (tertiary/aromatic N) is 4. The molecule has 33 heavy (non-hydrogen) atoms. The van der Waals surface area contributed by atoms with Crippen molar-refractivity contribution < 1.29 is 13.9 Å². The van der Waals surface area contributed by atoms with E-state index < -0.39 is 0 Å². The van der Waals surface area contributed by atoms with E-state index in [1.807, 2.05) is 4.90 Å². The summed E-state index contributed by atoms with van der Waals surface area (Å²) in [6.45, 7) is 11.0. The number of fused-ring (bicyclic) bond motifs is 1. The second-order valence-electron chi connectivity index (χ2n) is 10.6. The predicted octanol–water partition coefficient (Wildman–Crippen LogP) is 4.26. The molecular formula is C26H32N4O3. The Balaban J connectivity index is 1.51. The number of rotatable bonds is 4. The molecule has 1 aromatic carbocycles. The SMILES string of the molecule is CC(C)[C@@H]1CN(c2cc(C3CC3)c3c(c2C#N)CC(C)(C)OC3)CCN1C(=O)c1cocn1. The number of nitriles is 1. The summed E-state index contributed by atoms with van der Waals surface area (Å²) in [5.41, 5.74) is 5.63. The first kappa shape index (κ1) is 22.0. The van der Waals surface area contributed by atoms with Gasteiger partial charge in [-0.1, -0.05) is 13.8 Å². The molecule has 1 aliphatic carbocycles. The maximum absolute atomic E-state index is 13.1. The minimum Gasteiger partial charge on any atom is -0.451 e. The summed E-state index contributed by atoms with van der Waals surface area (Å²) in [6.07, 6.45) is 5.86. The van der Waals surface area contributed by atoms with Gasteiger partial charge in [0.2, 0.25) is 0 Å². The van der Waals surface area contributed by atoms with Crippen LogP contribution >= 0.6 is 0 Å². The number of carbonyl (C=O) groups is 1. The van der Waals surface area contributed by atoms with Crippen LogP contribution in [0.3, 0.4) is 0 Å². The van der Waals surface area contributed by atoms with Crippen molar-refractivity contribution in [3.63, 3.8) is 0 Å². The summed E-state index contributed by atoms with van der Waals surface area (Å²) < 4.78 is 11.2. The Morgan fingerprint density at radius 3 is 2.70 bits per heavy atom. The highest BCUT2D eigenvalue weighted by Gasteiger charge is 2.38. The molecule has 2 aliphatic heterocycles. The number of ether oxygens (including phenoxy) is 1. The van der Waals surface area contributed by atoms with E-state index in [9.17, 15) is 10.1 Å². The van der Waals surface area contributed by atoms with Gasteiger partial charge in [-0.25, -0.2) is 4.98 Å². The summed E-state index contributed by atoms with van der Waals surface area (Å²) in [7, 11) is 0. The zero-order valence-corrected chi connectivity index (χ0v) is 19.9. The Kier molecular flexibility index (Phi) is 5.44. The first-order valence-electron chi connectivity index (χ1n) is 12.0. The van der Waals surface area contributed by atoms with Gasteiger partial charge >= 0.3 is 0 Å². The van der Waals surface area contributed by atoms with Crippen LogP contribution in [0.2, 0.25) is 0 Å². The van der Waals surface area contributed by atoms with Crippen molar-refractivity contribution in [2.75, 3.05) is 24.5 Å². The monoisotopic (exact) mass is 448 g/mol. The van der Waals surface area contributed by atoms with Gasteiger partial charge in [-0.15, -0.1) is 0 Å². The van der Waals surface area contributed by atoms with Gasteiger partial charge in [0.15, 0.2) is 12.1 Å². The molecule has 0 radical (unpaired) electrons. The van der Waals surface area contributed by atoms with E-state index in [0.717, 1.165) is 23.2 Å². The standard InChI is InChI=1S/C26H32N4O3/c1-16(2)24-12-29(7-8-30(24)25(31)22-14-32-15-28-22)23-9-18(17-5-6-17)21-13-33-26(3,4)10-19(21)20(23)11-27/h9,14-17,24H,5-8,10,12-13H2,1-4H3/t24-/m0/s1. The van der Waals surface area contributed by atoms with Gasteiger partial charge in [0, 0.05) is 26.1 Å². The molecule has 3 heterocycles. The van der Waals surface area contributed by atoms with Crippen LogP contribution in [-0.4, -0.2) is 47.1 Å². The fraction of sp³-hybridized carbons (Fsp3) is 0.577. The molecule has 174 valence electrons. The summed E-state index contributed by atoms with van der Waals surface area (Å²) in [6, 6.07) is 4.82. The Bertz CT molecular complexity index is 1100. The maximum Gasteiger partial charge on any atom is 0.276 e. The fourth-order valence-corrected chi connectivity index (χ4v) is 5.35. The molecule has 0 N–H and O–H groups in total. The number of oxazole rings is 1. The first-order valence-corrected chi connectivity index (χ1v) is 12.0. The van der Waals surface area contributed by atoms with E-state index in [1.54, 1.807) is 0 Å². The molecule has 0 spiro atoms. The molecule has 1 aromatic heterocycles. The summed E-state index contributed by atoms with van der Waals surface area (Å²) in [5.74, 6) is 0.749. The second-order valence-corrected chi connectivity index (χ2v) is 10.6. The Hall–Kier alpha value is -2.85. The van der Waals surface area contributed by atoms with Crippen LogP contribution in [0.4, 0.5) is 5.69 Å². The number of amides is 1. The largest absolute Gasteiger partial charge is 0.451 e. The molecule has 1 saturated carbocycles. The molecule has 7 nitrogen and oxygen atoms in total. The molecule has 1 saturated heterocycles. The third-order valence-corrected chi connectivity index (χ3v) is 7.34. The van der Waals surface area contributed by atoms with Crippen molar-refractivity contribution in [2.24, 2.45) is 5.92 Å². The average Bonchev–Trinajstić information content (AvgIpc) is 3.49. The number of hydrogen-bond donors (Lipinski definition) is 0. The van der Waals surface area contributed by atoms with Crippen LogP contribution in [0.5, 0.6) is 0 Å². The van der Waals surface area contributed by atoms with Crippen LogP contribution in [0.25, 0.3) is 0 Å². The highest BCUT2D eigenvalue weighted by atomic mass is 16.5. The topological polar surface area (TPSA) is 82.6 Å². The predicted molar refractivity (Wildman–Crippen MR) is 124 cm³/mol. The smallest absolute Gasteiger partial charge is 0.276 e. The third-order valence-electron chi connectivity index (χ3n) is 7.34. The molecule has 1 amide bonds. The first-order chi connectivity index (χ1) is 15.8. The van der Waals surface area contributed by atoms with Gasteiger partial charge in [0.1, 0.15) is 12.3 Å². The number of aromatic nitrogens is 1. The zero-order chi connectivity index (χ0) is 23.3. The van der Waals surface area contributed by atoms with Crippen molar-refractivity contribution in [3.8, 4) is 6.07 Å². The number of anilines is 1. The Labute approximate surface area is 195 Å². The van der Waals surface area contributed by atoms with Crippen molar-refractivity contribution in [1.82, 2.24) is 9.88 Å². The lowest BCUT2D eigenvalue weighted by atomic mass is 9.83. The molecule has 2 fully saturated rings. The molecule has 2 aromatic rings. The van der Waals surface area contributed by atoms with E-state index in [1.165, 1.54) is 36.6 Å². The average molecular weight is 449 g/mol. The fourth-order valence-electron chi connectivity index (χ4n) is 5.35. The van der Waals surface area contributed by atoms with E-state index in [0.29, 0.717) is 37.9 Å². The van der Waals surface area contributed by atoms with Crippen molar-refractivity contribution in [3.05, 3.63) is 46.7 Å². The molecule has 7 heteroatoms. The molecular weight excluding hydrogens is 416 g/mol. The van der Waals surface area contributed by atoms with E-state index in [4.69, 9.17) is 9.15 Å². The van der Waals surface area contributed by atoms with Crippen molar-refractivity contribution >= 4 is 11.6 Å². The molecule has 5 rings (SSSR count). The second kappa shape index (κ2) is 8.18. The number of piperazine rings is 1. The van der Waals surface area contributed by atoms with E-state index in [2.05, 4.69) is 49.7 Å². The molecule has 3 aliphatic rings. The lowest BCUT2D eigenvalue weighted by Crippen LogP contribution is -2.57. The van der Waals surface area contributed by atoms with Crippen molar-refractivity contribution in [1.29, 1.82) is 5.26 Å². The molecule has 0 bridgehead atoms. The molecule has 1 atom stereocenters. The van der Waals surface area contributed by atoms with Gasteiger partial charge in [0.05, 0.1) is 29.5 Å². The van der Waals surface area contributed by atoms with E-state index in [-0.39, 0.29) is 23.5 Å². The number of carbonyl (C=O) groups excluding carboxylic acids is 1. The highest BCUT2D eigenvalue weighted by molar-refractivity contribution is 5.92. The van der Waals surface area contributed by atoms with Crippen LogP contribution in [0, 0.1) is 17.2 Å². The lowest BCUT2D eigenvalue weighted by Gasteiger charge is -2.45. The van der Waals surface area contributed by atoms with Crippen LogP contribution in [0.1, 0.15) is 79.2 Å². The Morgan fingerprint density at radius 1 is 1.27 bits per heavy atom. The van der Waals surface area contributed by atoms with E-state index >= 15 is 0 Å².